The molecule has 0 aliphatic heterocycles. The van der Waals surface area contributed by atoms with Crippen LogP contribution >= 0.6 is 11.8 Å². The van der Waals surface area contributed by atoms with E-state index < -0.39 is 0 Å². The summed E-state index contributed by atoms with van der Waals surface area (Å²) in [7, 11) is 0. The number of hydrogen-bond donors (Lipinski definition) is 2. The van der Waals surface area contributed by atoms with Crippen molar-refractivity contribution >= 4 is 17.6 Å². The zero-order valence-electron chi connectivity index (χ0n) is 11.0. The highest BCUT2D eigenvalue weighted by Crippen LogP contribution is 2.26. The molecule has 1 aromatic heterocycles. The second kappa shape index (κ2) is 6.05. The molecule has 1 heterocycles. The molecule has 0 unspecified atom stereocenters. The Balaban J connectivity index is 2.92. The van der Waals surface area contributed by atoms with E-state index in [1.165, 1.54) is 6.42 Å². The van der Waals surface area contributed by atoms with Crippen LogP contribution in [-0.4, -0.2) is 16.6 Å². The average molecular weight is 251 g/mol. The van der Waals surface area contributed by atoms with Crippen LogP contribution in [0.1, 0.15) is 37.2 Å². The molecule has 0 amide bonds. The number of amidine groups is 1. The highest BCUT2D eigenvalue weighted by atomic mass is 32.2. The van der Waals surface area contributed by atoms with E-state index in [-0.39, 0.29) is 5.84 Å². The Morgan fingerprint density at radius 3 is 2.65 bits per heavy atom. The van der Waals surface area contributed by atoms with E-state index in [9.17, 15) is 0 Å². The van der Waals surface area contributed by atoms with Crippen molar-refractivity contribution in [3.63, 3.8) is 0 Å². The summed E-state index contributed by atoms with van der Waals surface area (Å²) in [5.74, 6) is 1.87. The summed E-state index contributed by atoms with van der Waals surface area (Å²) in [5.41, 5.74) is 8.26. The molecule has 4 heteroatoms. The van der Waals surface area contributed by atoms with Crippen LogP contribution in [0.4, 0.5) is 0 Å². The molecule has 0 atom stereocenters. The number of aromatic nitrogens is 1. The van der Waals surface area contributed by atoms with Crippen LogP contribution < -0.4 is 5.73 Å². The third kappa shape index (κ3) is 4.04. The van der Waals surface area contributed by atoms with Crippen molar-refractivity contribution in [2.75, 3.05) is 5.75 Å². The molecule has 0 aliphatic rings. The zero-order chi connectivity index (χ0) is 13.0. The molecule has 0 saturated carbocycles. The SMILES string of the molecule is Cc1cc(SCCC(C)C)c(C(=N)N)c(C)n1. The molecular weight excluding hydrogens is 230 g/mol. The van der Waals surface area contributed by atoms with Crippen molar-refractivity contribution in [2.24, 2.45) is 11.7 Å². The van der Waals surface area contributed by atoms with Gasteiger partial charge in [0.1, 0.15) is 5.84 Å². The quantitative estimate of drug-likeness (QED) is 0.480. The Kier molecular flexibility index (Phi) is 5.00. The summed E-state index contributed by atoms with van der Waals surface area (Å²) in [6.07, 6.45) is 1.17. The summed E-state index contributed by atoms with van der Waals surface area (Å²) in [6, 6.07) is 2.02. The molecule has 0 aliphatic carbocycles. The fourth-order valence-electron chi connectivity index (χ4n) is 1.64. The van der Waals surface area contributed by atoms with Gasteiger partial charge in [0.15, 0.2) is 0 Å². The minimum Gasteiger partial charge on any atom is -0.384 e. The summed E-state index contributed by atoms with van der Waals surface area (Å²) in [4.78, 5) is 5.45. The first-order valence-electron chi connectivity index (χ1n) is 5.87. The normalized spacial score (nSPS) is 10.9. The molecule has 1 rings (SSSR count). The predicted molar refractivity (Wildman–Crippen MR) is 74.9 cm³/mol. The predicted octanol–water partition coefficient (Wildman–Crippen LogP) is 3.12. The number of thioether (sulfide) groups is 1. The minimum atomic E-state index is 0.113. The van der Waals surface area contributed by atoms with E-state index in [1.807, 2.05) is 19.9 Å². The number of pyridine rings is 1. The lowest BCUT2D eigenvalue weighted by atomic mass is 10.1. The van der Waals surface area contributed by atoms with Crippen molar-refractivity contribution < 1.29 is 0 Å². The minimum absolute atomic E-state index is 0.113. The first-order valence-corrected chi connectivity index (χ1v) is 6.85. The second-order valence-electron chi connectivity index (χ2n) is 4.67. The van der Waals surface area contributed by atoms with Crippen molar-refractivity contribution in [3.8, 4) is 0 Å². The van der Waals surface area contributed by atoms with E-state index in [1.54, 1.807) is 11.8 Å². The lowest BCUT2D eigenvalue weighted by Crippen LogP contribution is -2.15. The van der Waals surface area contributed by atoms with Gasteiger partial charge in [-0.25, -0.2) is 0 Å². The number of hydrogen-bond acceptors (Lipinski definition) is 3. The topological polar surface area (TPSA) is 62.8 Å². The van der Waals surface area contributed by atoms with Gasteiger partial charge in [0.2, 0.25) is 0 Å². The fourth-order valence-corrected chi connectivity index (χ4v) is 3.10. The molecular formula is C13H21N3S. The summed E-state index contributed by atoms with van der Waals surface area (Å²) in [6.45, 7) is 8.32. The third-order valence-corrected chi connectivity index (χ3v) is 3.59. The van der Waals surface area contributed by atoms with Crippen LogP contribution in [0, 0.1) is 25.2 Å². The molecule has 3 nitrogen and oxygen atoms in total. The van der Waals surface area contributed by atoms with E-state index in [2.05, 4.69) is 18.8 Å². The van der Waals surface area contributed by atoms with Crippen LogP contribution in [-0.2, 0) is 0 Å². The highest BCUT2D eigenvalue weighted by molar-refractivity contribution is 7.99. The number of nitrogen functional groups attached to an aromatic ring is 1. The number of nitrogens with zero attached hydrogens (tertiary/aromatic N) is 1. The standard InChI is InChI=1S/C13H21N3S/c1-8(2)5-6-17-11-7-9(3)16-10(4)12(11)13(14)15/h7-8H,5-6H2,1-4H3,(H3,14,15). The monoisotopic (exact) mass is 251 g/mol. The molecule has 3 N–H and O–H groups in total. The number of rotatable bonds is 5. The Hall–Kier alpha value is -1.03. The summed E-state index contributed by atoms with van der Waals surface area (Å²) >= 11 is 1.77. The maximum Gasteiger partial charge on any atom is 0.125 e. The average Bonchev–Trinajstić information content (AvgIpc) is 2.14. The van der Waals surface area contributed by atoms with Crippen LogP contribution in [0.3, 0.4) is 0 Å². The van der Waals surface area contributed by atoms with Gasteiger partial charge in [-0.3, -0.25) is 10.4 Å². The van der Waals surface area contributed by atoms with Gasteiger partial charge >= 0.3 is 0 Å². The van der Waals surface area contributed by atoms with Gasteiger partial charge in [0.25, 0.3) is 0 Å². The second-order valence-corrected chi connectivity index (χ2v) is 5.80. The highest BCUT2D eigenvalue weighted by Gasteiger charge is 2.11. The van der Waals surface area contributed by atoms with E-state index in [0.29, 0.717) is 5.92 Å². The Morgan fingerprint density at radius 1 is 1.47 bits per heavy atom. The van der Waals surface area contributed by atoms with E-state index in [0.717, 1.165) is 27.6 Å². The number of nitrogens with one attached hydrogen (secondary N) is 1. The van der Waals surface area contributed by atoms with E-state index in [4.69, 9.17) is 11.1 Å². The maximum absolute atomic E-state index is 7.63. The van der Waals surface area contributed by atoms with Gasteiger partial charge in [0.05, 0.1) is 5.56 Å². The molecule has 0 aromatic carbocycles. The molecule has 0 spiro atoms. The van der Waals surface area contributed by atoms with Gasteiger partial charge in [-0.1, -0.05) is 13.8 Å². The van der Waals surface area contributed by atoms with Crippen molar-refractivity contribution in [2.45, 2.75) is 39.0 Å². The maximum atomic E-state index is 7.63. The van der Waals surface area contributed by atoms with Crippen molar-refractivity contribution in [1.29, 1.82) is 5.41 Å². The lowest BCUT2D eigenvalue weighted by Gasteiger charge is -2.12. The molecule has 0 saturated heterocycles. The summed E-state index contributed by atoms with van der Waals surface area (Å²) < 4.78 is 0. The number of aryl methyl sites for hydroxylation is 2. The van der Waals surface area contributed by atoms with Crippen LogP contribution in [0.15, 0.2) is 11.0 Å². The molecule has 0 bridgehead atoms. The van der Waals surface area contributed by atoms with Crippen molar-refractivity contribution in [3.05, 3.63) is 23.0 Å². The largest absolute Gasteiger partial charge is 0.384 e. The first kappa shape index (κ1) is 14.0. The lowest BCUT2D eigenvalue weighted by molar-refractivity contribution is 0.632. The first-order chi connectivity index (χ1) is 7.91. The smallest absolute Gasteiger partial charge is 0.125 e. The summed E-state index contributed by atoms with van der Waals surface area (Å²) in [5, 5.41) is 7.63. The Bertz CT molecular complexity index is 413. The van der Waals surface area contributed by atoms with Gasteiger partial charge < -0.3 is 5.73 Å². The Labute approximate surface area is 108 Å². The Morgan fingerprint density at radius 2 is 2.12 bits per heavy atom. The molecule has 17 heavy (non-hydrogen) atoms. The zero-order valence-corrected chi connectivity index (χ0v) is 11.8. The molecule has 0 fully saturated rings. The van der Waals surface area contributed by atoms with Gasteiger partial charge in [-0.15, -0.1) is 11.8 Å². The fraction of sp³-hybridized carbons (Fsp3) is 0.538. The van der Waals surface area contributed by atoms with Crippen LogP contribution in [0.25, 0.3) is 0 Å². The van der Waals surface area contributed by atoms with E-state index >= 15 is 0 Å². The van der Waals surface area contributed by atoms with Crippen molar-refractivity contribution in [1.82, 2.24) is 4.98 Å². The molecule has 1 aromatic rings. The molecule has 94 valence electrons. The molecule has 0 radical (unpaired) electrons. The van der Waals surface area contributed by atoms with Gasteiger partial charge in [0, 0.05) is 16.3 Å². The van der Waals surface area contributed by atoms with Gasteiger partial charge in [-0.2, -0.15) is 0 Å². The third-order valence-electron chi connectivity index (χ3n) is 2.51. The number of nitrogens with two attached hydrogens (primary N) is 1. The van der Waals surface area contributed by atoms with Crippen LogP contribution in [0.2, 0.25) is 0 Å². The van der Waals surface area contributed by atoms with Gasteiger partial charge in [-0.05, 0) is 38.0 Å². The van der Waals surface area contributed by atoms with Crippen LogP contribution in [0.5, 0.6) is 0 Å².